The quantitative estimate of drug-likeness (QED) is 0.778. The summed E-state index contributed by atoms with van der Waals surface area (Å²) in [5.41, 5.74) is 7.94. The zero-order valence-corrected chi connectivity index (χ0v) is 10.7. The molecule has 96 valence electrons. The average molecular weight is 245 g/mol. The average Bonchev–Trinajstić information content (AvgIpc) is 2.32. The van der Waals surface area contributed by atoms with E-state index in [-0.39, 0.29) is 0 Å². The van der Waals surface area contributed by atoms with Crippen molar-refractivity contribution in [3.05, 3.63) is 23.8 Å². The summed E-state index contributed by atoms with van der Waals surface area (Å²) in [6.45, 7) is 3.56. The summed E-state index contributed by atoms with van der Waals surface area (Å²) in [4.78, 5) is 2.23. The van der Waals surface area contributed by atoms with Crippen LogP contribution in [-0.4, -0.2) is 23.8 Å². The minimum atomic E-state index is -0.542. The maximum absolute atomic E-state index is 9.93. The molecule has 4 nitrogen and oxygen atoms in total. The van der Waals surface area contributed by atoms with Gasteiger partial charge in [-0.25, -0.2) is 0 Å². The maximum Gasteiger partial charge on any atom is 0.0670 e. The molecule has 2 rings (SSSR count). The number of rotatable bonds is 2. The normalized spacial score (nSPS) is 18.4. The van der Waals surface area contributed by atoms with Crippen LogP contribution in [0.25, 0.3) is 0 Å². The van der Waals surface area contributed by atoms with E-state index in [0.717, 1.165) is 37.2 Å². The monoisotopic (exact) mass is 245 g/mol. The summed E-state index contributed by atoms with van der Waals surface area (Å²) in [7, 11) is 0. The second-order valence-corrected chi connectivity index (χ2v) is 5.20. The molecule has 1 aromatic carbocycles. The first-order valence-corrected chi connectivity index (χ1v) is 6.24. The van der Waals surface area contributed by atoms with E-state index in [1.165, 1.54) is 0 Å². The SMILES string of the molecule is CC1(O)CCN(c2ccc(N)c(CC#N)c2)CC1. The van der Waals surface area contributed by atoms with Gasteiger partial charge in [0, 0.05) is 24.5 Å². The second kappa shape index (κ2) is 4.87. The van der Waals surface area contributed by atoms with Gasteiger partial charge in [-0.15, -0.1) is 0 Å². The first-order valence-electron chi connectivity index (χ1n) is 6.24. The third kappa shape index (κ3) is 2.74. The van der Waals surface area contributed by atoms with E-state index in [2.05, 4.69) is 11.0 Å². The predicted octanol–water partition coefficient (Wildman–Crippen LogP) is 1.69. The van der Waals surface area contributed by atoms with Crippen LogP contribution in [0.3, 0.4) is 0 Å². The molecular formula is C14H19N3O. The lowest BCUT2D eigenvalue weighted by molar-refractivity contribution is 0.0351. The number of nitrogens with zero attached hydrogens (tertiary/aromatic N) is 2. The van der Waals surface area contributed by atoms with Crippen molar-refractivity contribution in [2.24, 2.45) is 0 Å². The predicted molar refractivity (Wildman–Crippen MR) is 72.2 cm³/mol. The van der Waals surface area contributed by atoms with E-state index in [9.17, 15) is 5.11 Å². The van der Waals surface area contributed by atoms with Crippen LogP contribution in [0.2, 0.25) is 0 Å². The highest BCUT2D eigenvalue weighted by atomic mass is 16.3. The van der Waals surface area contributed by atoms with Crippen molar-refractivity contribution in [3.63, 3.8) is 0 Å². The van der Waals surface area contributed by atoms with Gasteiger partial charge in [0.05, 0.1) is 18.1 Å². The van der Waals surface area contributed by atoms with E-state index < -0.39 is 5.60 Å². The summed E-state index contributed by atoms with van der Waals surface area (Å²) in [5.74, 6) is 0. The molecule has 18 heavy (non-hydrogen) atoms. The van der Waals surface area contributed by atoms with E-state index in [0.29, 0.717) is 12.1 Å². The molecule has 1 saturated heterocycles. The van der Waals surface area contributed by atoms with Crippen LogP contribution >= 0.6 is 0 Å². The highest BCUT2D eigenvalue weighted by molar-refractivity contribution is 5.59. The van der Waals surface area contributed by atoms with Gasteiger partial charge in [-0.05, 0) is 43.5 Å². The van der Waals surface area contributed by atoms with Gasteiger partial charge >= 0.3 is 0 Å². The Bertz CT molecular complexity index is 466. The highest BCUT2D eigenvalue weighted by Gasteiger charge is 2.27. The Balaban J connectivity index is 2.15. The summed E-state index contributed by atoms with van der Waals surface area (Å²) in [5, 5.41) is 18.7. The number of aliphatic hydroxyl groups is 1. The fourth-order valence-electron chi connectivity index (χ4n) is 2.27. The lowest BCUT2D eigenvalue weighted by Crippen LogP contribution is -2.42. The van der Waals surface area contributed by atoms with Crippen LogP contribution in [0.4, 0.5) is 11.4 Å². The first kappa shape index (κ1) is 12.7. The molecule has 1 aliphatic heterocycles. The highest BCUT2D eigenvalue weighted by Crippen LogP contribution is 2.28. The largest absolute Gasteiger partial charge is 0.398 e. The smallest absolute Gasteiger partial charge is 0.0670 e. The van der Waals surface area contributed by atoms with Crippen LogP contribution in [0.15, 0.2) is 18.2 Å². The summed E-state index contributed by atoms with van der Waals surface area (Å²) < 4.78 is 0. The van der Waals surface area contributed by atoms with Crippen molar-refractivity contribution < 1.29 is 5.11 Å². The van der Waals surface area contributed by atoms with Gasteiger partial charge in [0.2, 0.25) is 0 Å². The molecule has 0 unspecified atom stereocenters. The minimum Gasteiger partial charge on any atom is -0.398 e. The van der Waals surface area contributed by atoms with Crippen molar-refractivity contribution in [2.75, 3.05) is 23.7 Å². The molecule has 0 spiro atoms. The van der Waals surface area contributed by atoms with Crippen molar-refractivity contribution >= 4 is 11.4 Å². The molecule has 1 aliphatic rings. The molecule has 0 bridgehead atoms. The Hall–Kier alpha value is -1.73. The molecule has 0 atom stereocenters. The van der Waals surface area contributed by atoms with Crippen LogP contribution in [0.1, 0.15) is 25.3 Å². The molecule has 0 aliphatic carbocycles. The molecule has 1 heterocycles. The molecule has 1 aromatic rings. The van der Waals surface area contributed by atoms with Crippen molar-refractivity contribution in [3.8, 4) is 6.07 Å². The molecule has 3 N–H and O–H groups in total. The summed E-state index contributed by atoms with van der Waals surface area (Å²) in [6, 6.07) is 7.95. The topological polar surface area (TPSA) is 73.3 Å². The van der Waals surface area contributed by atoms with Gasteiger partial charge in [-0.1, -0.05) is 0 Å². The molecule has 0 aromatic heterocycles. The zero-order chi connectivity index (χ0) is 13.2. The van der Waals surface area contributed by atoms with E-state index in [1.807, 2.05) is 25.1 Å². The number of hydrogen-bond donors (Lipinski definition) is 2. The minimum absolute atomic E-state index is 0.339. The number of nitrogens with two attached hydrogens (primary N) is 1. The molecular weight excluding hydrogens is 226 g/mol. The van der Waals surface area contributed by atoms with Crippen molar-refractivity contribution in [2.45, 2.75) is 31.8 Å². The lowest BCUT2D eigenvalue weighted by Gasteiger charge is -2.37. The Morgan fingerprint density at radius 2 is 2.11 bits per heavy atom. The van der Waals surface area contributed by atoms with Crippen LogP contribution in [0, 0.1) is 11.3 Å². The van der Waals surface area contributed by atoms with E-state index >= 15 is 0 Å². The second-order valence-electron chi connectivity index (χ2n) is 5.20. The fourth-order valence-corrected chi connectivity index (χ4v) is 2.27. The number of nitrogen functional groups attached to an aromatic ring is 1. The van der Waals surface area contributed by atoms with Gasteiger partial charge in [-0.2, -0.15) is 5.26 Å². The number of benzene rings is 1. The van der Waals surface area contributed by atoms with Crippen LogP contribution in [0.5, 0.6) is 0 Å². The molecule has 0 radical (unpaired) electrons. The maximum atomic E-state index is 9.93. The number of piperidine rings is 1. The Morgan fingerprint density at radius 1 is 1.44 bits per heavy atom. The standard InChI is InChI=1S/C14H19N3O/c1-14(18)5-8-17(9-6-14)12-2-3-13(16)11(10-12)4-7-15/h2-3,10,18H,4-6,8-9,16H2,1H3. The Labute approximate surface area is 108 Å². The number of nitriles is 1. The number of hydrogen-bond acceptors (Lipinski definition) is 4. The van der Waals surface area contributed by atoms with Gasteiger partial charge in [0.1, 0.15) is 0 Å². The third-order valence-corrected chi connectivity index (χ3v) is 3.60. The first-order chi connectivity index (χ1) is 8.52. The van der Waals surface area contributed by atoms with Gasteiger partial charge in [0.15, 0.2) is 0 Å². The Morgan fingerprint density at radius 3 is 2.72 bits per heavy atom. The molecule has 1 fully saturated rings. The van der Waals surface area contributed by atoms with Gasteiger partial charge < -0.3 is 15.7 Å². The van der Waals surface area contributed by atoms with E-state index in [1.54, 1.807) is 0 Å². The van der Waals surface area contributed by atoms with Crippen molar-refractivity contribution in [1.82, 2.24) is 0 Å². The molecule has 0 amide bonds. The zero-order valence-electron chi connectivity index (χ0n) is 10.7. The van der Waals surface area contributed by atoms with E-state index in [4.69, 9.17) is 11.0 Å². The van der Waals surface area contributed by atoms with Crippen LogP contribution in [-0.2, 0) is 6.42 Å². The molecule has 0 saturated carbocycles. The van der Waals surface area contributed by atoms with Crippen molar-refractivity contribution in [1.29, 1.82) is 5.26 Å². The van der Waals surface area contributed by atoms with Gasteiger partial charge in [-0.3, -0.25) is 0 Å². The van der Waals surface area contributed by atoms with Crippen LogP contribution < -0.4 is 10.6 Å². The fraction of sp³-hybridized carbons (Fsp3) is 0.500. The number of anilines is 2. The summed E-state index contributed by atoms with van der Waals surface area (Å²) in [6.07, 6.45) is 1.88. The lowest BCUT2D eigenvalue weighted by atomic mass is 9.93. The molecule has 4 heteroatoms. The summed E-state index contributed by atoms with van der Waals surface area (Å²) >= 11 is 0. The third-order valence-electron chi connectivity index (χ3n) is 3.60. The Kier molecular flexibility index (Phi) is 3.44. The van der Waals surface area contributed by atoms with Gasteiger partial charge in [0.25, 0.3) is 0 Å².